The third kappa shape index (κ3) is 8.01. The van der Waals surface area contributed by atoms with Crippen LogP contribution < -0.4 is 10.6 Å². The Hall–Kier alpha value is -6.00. The maximum absolute atomic E-state index is 15.2. The summed E-state index contributed by atoms with van der Waals surface area (Å²) in [4.78, 5) is 74.1. The van der Waals surface area contributed by atoms with Crippen molar-refractivity contribution in [1.29, 1.82) is 0 Å². The van der Waals surface area contributed by atoms with Crippen molar-refractivity contribution in [2.45, 2.75) is 83.8 Å². The van der Waals surface area contributed by atoms with Gasteiger partial charge in [-0.25, -0.2) is 28.7 Å². The molecule has 2 N–H and O–H groups in total. The van der Waals surface area contributed by atoms with Gasteiger partial charge in [-0.2, -0.15) is 0 Å². The van der Waals surface area contributed by atoms with Gasteiger partial charge in [0.05, 0.1) is 22.8 Å². The number of hydrogen-bond donors (Lipinski definition) is 2. The largest absolute Gasteiger partial charge is 0.326 e. The van der Waals surface area contributed by atoms with Gasteiger partial charge >= 0.3 is 0 Å². The molecule has 0 radical (unpaired) electrons. The molecule has 0 bridgehead atoms. The highest BCUT2D eigenvalue weighted by molar-refractivity contribution is 6.23. The number of aromatic nitrogens is 5. The number of pyridine rings is 1. The zero-order valence-electron chi connectivity index (χ0n) is 34.5. The second-order valence-electron chi connectivity index (χ2n) is 17.1. The molecule has 2 aromatic carbocycles. The molecule has 9 rings (SSSR count). The van der Waals surface area contributed by atoms with E-state index in [4.69, 9.17) is 0 Å². The van der Waals surface area contributed by atoms with E-state index in [1.807, 2.05) is 55.8 Å². The summed E-state index contributed by atoms with van der Waals surface area (Å²) in [6.07, 6.45) is 7.28. The molecule has 61 heavy (non-hydrogen) atoms. The third-order valence-corrected chi connectivity index (χ3v) is 12.7. The molecule has 14 nitrogen and oxygen atoms in total. The summed E-state index contributed by atoms with van der Waals surface area (Å²) in [5.41, 5.74) is 3.87. The number of hydrogen-bond acceptors (Lipinski definition) is 11. The minimum atomic E-state index is -0.966. The topological polar surface area (TPSA) is 159 Å². The fourth-order valence-electron chi connectivity index (χ4n) is 9.54. The van der Waals surface area contributed by atoms with Crippen LogP contribution in [0.15, 0.2) is 54.9 Å². The van der Waals surface area contributed by atoms with E-state index in [0.29, 0.717) is 39.8 Å². The highest BCUT2D eigenvalue weighted by Gasteiger charge is 2.45. The van der Waals surface area contributed by atoms with Crippen LogP contribution in [0.1, 0.15) is 102 Å². The van der Waals surface area contributed by atoms with E-state index in [2.05, 4.69) is 40.4 Å². The first-order valence-electron chi connectivity index (χ1n) is 21.1. The van der Waals surface area contributed by atoms with Gasteiger partial charge in [-0.3, -0.25) is 34.3 Å². The first-order chi connectivity index (χ1) is 29.4. The summed E-state index contributed by atoms with van der Waals surface area (Å²) < 4.78 is 32.1. The Labute approximate surface area is 351 Å². The Balaban J connectivity index is 0.744. The Morgan fingerprint density at radius 3 is 2.30 bits per heavy atom. The van der Waals surface area contributed by atoms with Crippen LogP contribution in [0.3, 0.4) is 0 Å². The maximum Gasteiger partial charge on any atom is 0.262 e. The molecule has 1 atom stereocenters. The number of nitrogens with one attached hydrogen (secondary N) is 2. The molecular weight excluding hydrogens is 783 g/mol. The lowest BCUT2D eigenvalue weighted by atomic mass is 9.87. The van der Waals surface area contributed by atoms with Gasteiger partial charge in [0.25, 0.3) is 11.8 Å². The summed E-state index contributed by atoms with van der Waals surface area (Å²) in [7, 11) is 0. The van der Waals surface area contributed by atoms with Gasteiger partial charge in [0.2, 0.25) is 17.8 Å². The highest BCUT2D eigenvalue weighted by Crippen LogP contribution is 2.35. The normalized spacial score (nSPS) is 19.6. The first kappa shape index (κ1) is 40.4. The highest BCUT2D eigenvalue weighted by atomic mass is 19.1. The zero-order chi connectivity index (χ0) is 42.5. The predicted octanol–water partition coefficient (Wildman–Crippen LogP) is 6.29. The predicted molar refractivity (Wildman–Crippen MR) is 223 cm³/mol. The van der Waals surface area contributed by atoms with Gasteiger partial charge in [-0.1, -0.05) is 12.1 Å². The fraction of sp³-hybridized carbons (Fsp3) is 0.422. The SMILES string of the molecule is Cc1nc2c(F)cc(-c3nc(Nc4ccc(CN5CCC(CN6CCC(c7ccc8c(c7)C(=O)N(C7CCC(=O)NC7=O)C8=O)CC6)CC5)cn4)ncc3F)cc2n1C(C)C. The molecular formula is C45H48F2N10O4. The van der Waals surface area contributed by atoms with Crippen molar-refractivity contribution in [3.05, 3.63) is 94.6 Å². The van der Waals surface area contributed by atoms with E-state index in [-0.39, 0.29) is 42.0 Å². The fourth-order valence-corrected chi connectivity index (χ4v) is 9.54. The molecule has 3 fully saturated rings. The van der Waals surface area contributed by atoms with Gasteiger partial charge in [-0.05, 0) is 132 Å². The molecule has 5 aromatic rings. The minimum absolute atomic E-state index is 0.0203. The molecule has 0 aliphatic carbocycles. The van der Waals surface area contributed by atoms with Crippen LogP contribution in [0.2, 0.25) is 0 Å². The molecule has 0 spiro atoms. The lowest BCUT2D eigenvalue weighted by molar-refractivity contribution is -0.136. The van der Waals surface area contributed by atoms with E-state index in [1.54, 1.807) is 12.1 Å². The van der Waals surface area contributed by atoms with Crippen molar-refractivity contribution in [2.24, 2.45) is 5.92 Å². The van der Waals surface area contributed by atoms with Crippen molar-refractivity contribution >= 4 is 46.4 Å². The number of nitrogens with zero attached hydrogens (tertiary/aromatic N) is 8. The summed E-state index contributed by atoms with van der Waals surface area (Å²) in [6, 6.07) is 11.4. The maximum atomic E-state index is 15.2. The molecule has 316 valence electrons. The molecule has 16 heteroatoms. The van der Waals surface area contributed by atoms with Crippen molar-refractivity contribution < 1.29 is 28.0 Å². The van der Waals surface area contributed by atoms with E-state index < -0.39 is 41.3 Å². The lowest BCUT2D eigenvalue weighted by Gasteiger charge is -2.38. The van der Waals surface area contributed by atoms with Crippen LogP contribution in [0.4, 0.5) is 20.5 Å². The van der Waals surface area contributed by atoms with E-state index in [1.165, 1.54) is 6.07 Å². The lowest BCUT2D eigenvalue weighted by Crippen LogP contribution is -2.54. The molecule has 0 saturated carbocycles. The van der Waals surface area contributed by atoms with Crippen LogP contribution in [0.25, 0.3) is 22.3 Å². The number of aryl methyl sites for hydroxylation is 1. The molecule has 7 heterocycles. The van der Waals surface area contributed by atoms with Gasteiger partial charge in [-0.15, -0.1) is 0 Å². The average Bonchev–Trinajstić information content (AvgIpc) is 3.72. The third-order valence-electron chi connectivity index (χ3n) is 12.7. The Morgan fingerprint density at radius 1 is 0.820 bits per heavy atom. The number of imide groups is 2. The number of benzene rings is 2. The van der Waals surface area contributed by atoms with Gasteiger partial charge in [0, 0.05) is 37.3 Å². The molecule has 3 saturated heterocycles. The Kier molecular flexibility index (Phi) is 10.9. The Bertz CT molecular complexity index is 2540. The van der Waals surface area contributed by atoms with Crippen molar-refractivity contribution in [3.63, 3.8) is 0 Å². The van der Waals surface area contributed by atoms with Gasteiger partial charge < -0.3 is 14.8 Å². The summed E-state index contributed by atoms with van der Waals surface area (Å²) in [6.45, 7) is 11.6. The smallest absolute Gasteiger partial charge is 0.262 e. The monoisotopic (exact) mass is 830 g/mol. The molecule has 1 unspecified atom stereocenters. The molecule has 4 aliphatic heterocycles. The number of carbonyl (C=O) groups is 4. The number of likely N-dealkylation sites (tertiary alicyclic amines) is 2. The number of imidazole rings is 1. The number of anilines is 2. The van der Waals surface area contributed by atoms with E-state index in [9.17, 15) is 19.2 Å². The van der Waals surface area contributed by atoms with Crippen LogP contribution in [0, 0.1) is 24.5 Å². The van der Waals surface area contributed by atoms with E-state index >= 15 is 8.78 Å². The van der Waals surface area contributed by atoms with Gasteiger partial charge in [0.15, 0.2) is 11.6 Å². The Morgan fingerprint density at radius 2 is 1.57 bits per heavy atom. The molecule has 4 aliphatic rings. The molecule has 3 aromatic heterocycles. The van der Waals surface area contributed by atoms with Crippen LogP contribution in [-0.4, -0.2) is 102 Å². The van der Waals surface area contributed by atoms with E-state index in [0.717, 1.165) is 87.2 Å². The van der Waals surface area contributed by atoms with Crippen LogP contribution >= 0.6 is 0 Å². The first-order valence-corrected chi connectivity index (χ1v) is 21.1. The average molecular weight is 831 g/mol. The summed E-state index contributed by atoms with van der Waals surface area (Å²) >= 11 is 0. The van der Waals surface area contributed by atoms with Crippen molar-refractivity contribution in [1.82, 2.24) is 44.5 Å². The second kappa shape index (κ2) is 16.5. The number of amides is 4. The standard InChI is InChI=1S/C45H48F2N10O4/c1-25(2)56-26(3)50-41-34(46)19-31(20-37(41)56)40-35(47)22-49-45(53-40)51-38-8-4-28(21-48-38)24-54-14-10-27(11-15-54)23-55-16-12-29(13-17-55)30-5-6-32-33(18-30)44(61)57(43(32)60)36-7-9-39(58)52-42(36)59/h4-6,8,18-22,25,27,29,36H,7,9-17,23-24H2,1-3H3,(H,52,58,59)(H,48,49,51,53). The second-order valence-corrected chi connectivity index (χ2v) is 17.1. The van der Waals surface area contributed by atoms with Crippen LogP contribution in [0.5, 0.6) is 0 Å². The minimum Gasteiger partial charge on any atom is -0.326 e. The summed E-state index contributed by atoms with van der Waals surface area (Å²) in [5, 5.41) is 5.31. The van der Waals surface area contributed by atoms with Gasteiger partial charge in [0.1, 0.15) is 28.9 Å². The zero-order valence-corrected chi connectivity index (χ0v) is 34.5. The summed E-state index contributed by atoms with van der Waals surface area (Å²) in [5.74, 6) is -0.913. The number of piperidine rings is 3. The number of halogens is 2. The van der Waals surface area contributed by atoms with Crippen LogP contribution in [-0.2, 0) is 16.1 Å². The number of fused-ring (bicyclic) bond motifs is 2. The van der Waals surface area contributed by atoms with Crippen molar-refractivity contribution in [3.8, 4) is 11.3 Å². The number of carbonyl (C=O) groups excluding carboxylic acids is 4. The van der Waals surface area contributed by atoms with Crippen molar-refractivity contribution in [2.75, 3.05) is 38.0 Å². The number of rotatable bonds is 10. The quantitative estimate of drug-likeness (QED) is 0.152. The molecule has 4 amide bonds.